The van der Waals surface area contributed by atoms with Gasteiger partial charge in [0.15, 0.2) is 6.10 Å². The Balaban J connectivity index is 1.63. The van der Waals surface area contributed by atoms with Crippen molar-refractivity contribution in [3.05, 3.63) is 41.9 Å². The fourth-order valence-electron chi connectivity index (χ4n) is 2.41. The van der Waals surface area contributed by atoms with Crippen molar-refractivity contribution in [2.75, 3.05) is 5.73 Å². The molecule has 7 heteroatoms. The minimum Gasteiger partial charge on any atom is -0.482 e. The average molecular weight is 283 g/mol. The summed E-state index contributed by atoms with van der Waals surface area (Å²) >= 11 is 0. The Kier molecular flexibility index (Phi) is 2.47. The number of anilines is 1. The summed E-state index contributed by atoms with van der Waals surface area (Å²) < 4.78 is 12.7. The molecule has 3 heterocycles. The highest BCUT2D eigenvalue weighted by atomic mass is 16.5. The first-order valence-electron chi connectivity index (χ1n) is 6.58. The third-order valence-corrected chi connectivity index (χ3v) is 3.59. The largest absolute Gasteiger partial charge is 0.482 e. The van der Waals surface area contributed by atoms with Crippen LogP contribution in [-0.2, 0) is 13.5 Å². The van der Waals surface area contributed by atoms with E-state index in [1.807, 2.05) is 24.3 Å². The summed E-state index contributed by atoms with van der Waals surface area (Å²) in [7, 11) is 1.76. The van der Waals surface area contributed by atoms with E-state index in [1.165, 1.54) is 0 Å². The Morgan fingerprint density at radius 3 is 2.95 bits per heavy atom. The molecular formula is C14H13N5O2. The zero-order valence-electron chi connectivity index (χ0n) is 11.4. The van der Waals surface area contributed by atoms with Gasteiger partial charge in [0.2, 0.25) is 5.82 Å². The Morgan fingerprint density at radius 2 is 2.19 bits per heavy atom. The normalized spacial score (nSPS) is 16.7. The zero-order valence-corrected chi connectivity index (χ0v) is 11.4. The molecule has 0 saturated carbocycles. The van der Waals surface area contributed by atoms with Crippen LogP contribution in [-0.4, -0.2) is 19.9 Å². The van der Waals surface area contributed by atoms with Gasteiger partial charge in [-0.25, -0.2) is 0 Å². The van der Waals surface area contributed by atoms with E-state index >= 15 is 0 Å². The first-order chi connectivity index (χ1) is 10.2. The molecule has 3 aromatic rings. The monoisotopic (exact) mass is 283 g/mol. The molecule has 7 nitrogen and oxygen atoms in total. The fraction of sp³-hybridized carbons (Fsp3) is 0.214. The highest BCUT2D eigenvalue weighted by Crippen LogP contribution is 2.36. The molecule has 106 valence electrons. The maximum Gasteiger partial charge on any atom is 0.263 e. The van der Waals surface area contributed by atoms with Crippen molar-refractivity contribution in [2.24, 2.45) is 7.05 Å². The van der Waals surface area contributed by atoms with Crippen molar-refractivity contribution in [1.82, 2.24) is 19.9 Å². The summed E-state index contributed by atoms with van der Waals surface area (Å²) in [6, 6.07) is 7.91. The van der Waals surface area contributed by atoms with Crippen molar-refractivity contribution in [3.63, 3.8) is 0 Å². The number of nitrogens with two attached hydrogens (primary N) is 1. The number of nitrogens with zero attached hydrogens (tertiary/aromatic N) is 4. The van der Waals surface area contributed by atoms with E-state index in [2.05, 4.69) is 15.2 Å². The first-order valence-corrected chi connectivity index (χ1v) is 6.58. The highest BCUT2D eigenvalue weighted by molar-refractivity contribution is 5.66. The summed E-state index contributed by atoms with van der Waals surface area (Å²) in [5.41, 5.74) is 7.69. The predicted octanol–water partition coefficient (Wildman–Crippen LogP) is 1.73. The highest BCUT2D eigenvalue weighted by Gasteiger charge is 2.29. The molecule has 2 aromatic heterocycles. The van der Waals surface area contributed by atoms with Gasteiger partial charge in [-0.3, -0.25) is 4.68 Å². The first kappa shape index (κ1) is 12.0. The lowest BCUT2D eigenvalue weighted by atomic mass is 10.1. The topological polar surface area (TPSA) is 92.0 Å². The van der Waals surface area contributed by atoms with Crippen LogP contribution in [0.25, 0.3) is 11.5 Å². The van der Waals surface area contributed by atoms with Gasteiger partial charge in [0.05, 0.1) is 6.20 Å². The fourth-order valence-corrected chi connectivity index (χ4v) is 2.41. The second-order valence-corrected chi connectivity index (χ2v) is 4.94. The lowest BCUT2D eigenvalue weighted by Crippen LogP contribution is -2.05. The second-order valence-electron chi connectivity index (χ2n) is 4.94. The Bertz CT molecular complexity index is 782. The number of para-hydroxylation sites is 1. The van der Waals surface area contributed by atoms with E-state index < -0.39 is 0 Å². The van der Waals surface area contributed by atoms with Gasteiger partial charge < -0.3 is 15.0 Å². The molecule has 1 aromatic carbocycles. The van der Waals surface area contributed by atoms with Crippen LogP contribution < -0.4 is 10.5 Å². The number of rotatable bonds is 2. The molecule has 0 radical (unpaired) electrons. The van der Waals surface area contributed by atoms with Gasteiger partial charge in [-0.05, 0) is 11.6 Å². The summed E-state index contributed by atoms with van der Waals surface area (Å²) in [6.07, 6.45) is 2.12. The Morgan fingerprint density at radius 1 is 1.33 bits per heavy atom. The number of fused-ring (bicyclic) bond motifs is 1. The van der Waals surface area contributed by atoms with Gasteiger partial charge in [0.1, 0.15) is 17.1 Å². The van der Waals surface area contributed by atoms with Crippen molar-refractivity contribution < 1.29 is 9.26 Å². The Hall–Kier alpha value is -2.83. The molecule has 0 saturated heterocycles. The van der Waals surface area contributed by atoms with E-state index in [4.69, 9.17) is 15.0 Å². The molecular weight excluding hydrogens is 270 g/mol. The van der Waals surface area contributed by atoms with Crippen LogP contribution in [0.1, 0.15) is 17.5 Å². The summed E-state index contributed by atoms with van der Waals surface area (Å²) in [4.78, 5) is 4.38. The van der Waals surface area contributed by atoms with E-state index in [0.717, 1.165) is 17.7 Å². The number of aryl methyl sites for hydroxylation is 1. The quantitative estimate of drug-likeness (QED) is 0.770. The molecule has 0 spiro atoms. The van der Waals surface area contributed by atoms with E-state index in [0.29, 0.717) is 23.1 Å². The minimum absolute atomic E-state index is 0.224. The van der Waals surface area contributed by atoms with Crippen LogP contribution in [0.15, 0.2) is 35.0 Å². The van der Waals surface area contributed by atoms with Gasteiger partial charge in [-0.1, -0.05) is 23.4 Å². The number of hydrogen-bond acceptors (Lipinski definition) is 6. The van der Waals surface area contributed by atoms with Gasteiger partial charge in [0, 0.05) is 13.5 Å². The van der Waals surface area contributed by atoms with Gasteiger partial charge >= 0.3 is 0 Å². The maximum absolute atomic E-state index is 5.91. The molecule has 0 amide bonds. The number of aromatic nitrogens is 4. The molecule has 0 bridgehead atoms. The van der Waals surface area contributed by atoms with Crippen LogP contribution in [0, 0.1) is 0 Å². The number of hydrogen-bond donors (Lipinski definition) is 1. The molecule has 21 heavy (non-hydrogen) atoms. The van der Waals surface area contributed by atoms with Crippen molar-refractivity contribution in [2.45, 2.75) is 12.5 Å². The van der Waals surface area contributed by atoms with E-state index in [1.54, 1.807) is 17.9 Å². The van der Waals surface area contributed by atoms with Gasteiger partial charge in [0.25, 0.3) is 5.89 Å². The average Bonchev–Trinajstić information content (AvgIpc) is 3.18. The lowest BCUT2D eigenvalue weighted by Gasteiger charge is -2.04. The Labute approximate surface area is 120 Å². The van der Waals surface area contributed by atoms with E-state index in [9.17, 15) is 0 Å². The smallest absolute Gasteiger partial charge is 0.263 e. The zero-order chi connectivity index (χ0) is 14.4. The lowest BCUT2D eigenvalue weighted by molar-refractivity contribution is 0.221. The summed E-state index contributed by atoms with van der Waals surface area (Å²) in [5, 5.41) is 8.07. The molecule has 4 rings (SSSR count). The number of ether oxygens (including phenoxy) is 1. The second kappa shape index (κ2) is 4.34. The minimum atomic E-state index is -0.224. The van der Waals surface area contributed by atoms with Crippen LogP contribution >= 0.6 is 0 Å². The maximum atomic E-state index is 5.91. The molecule has 0 fully saturated rings. The van der Waals surface area contributed by atoms with Gasteiger partial charge in [-0.15, -0.1) is 0 Å². The van der Waals surface area contributed by atoms with Crippen molar-refractivity contribution in [3.8, 4) is 17.2 Å². The molecule has 1 aliphatic heterocycles. The van der Waals surface area contributed by atoms with Crippen LogP contribution in [0.2, 0.25) is 0 Å². The third-order valence-electron chi connectivity index (χ3n) is 3.59. The van der Waals surface area contributed by atoms with E-state index in [-0.39, 0.29) is 6.10 Å². The van der Waals surface area contributed by atoms with Crippen molar-refractivity contribution >= 4 is 5.82 Å². The third kappa shape index (κ3) is 1.85. The summed E-state index contributed by atoms with van der Waals surface area (Å²) in [6.45, 7) is 0. The molecule has 0 aliphatic carbocycles. The standard InChI is InChI=1S/C14H13N5O2/c1-19-12(15)9(7-16-19)14-17-13(18-21-14)11-6-8-4-2-3-5-10(8)20-11/h2-5,7,11H,6,15H2,1H3. The van der Waals surface area contributed by atoms with Crippen molar-refractivity contribution in [1.29, 1.82) is 0 Å². The molecule has 1 atom stereocenters. The van der Waals surface area contributed by atoms with Crippen LogP contribution in [0.5, 0.6) is 5.75 Å². The molecule has 2 N–H and O–H groups in total. The molecule has 1 unspecified atom stereocenters. The predicted molar refractivity (Wildman–Crippen MR) is 74.4 cm³/mol. The van der Waals surface area contributed by atoms with Gasteiger partial charge in [-0.2, -0.15) is 10.1 Å². The SMILES string of the molecule is Cn1ncc(-c2nc(C3Cc4ccccc4O3)no2)c1N. The summed E-state index contributed by atoms with van der Waals surface area (Å²) in [5.74, 6) is 2.23. The van der Waals surface area contributed by atoms with Crippen LogP contribution in [0.3, 0.4) is 0 Å². The molecule has 1 aliphatic rings. The number of benzene rings is 1. The van der Waals surface area contributed by atoms with Crippen LogP contribution in [0.4, 0.5) is 5.82 Å². The number of nitrogen functional groups attached to an aromatic ring is 1.